The van der Waals surface area contributed by atoms with Crippen LogP contribution in [0.4, 0.5) is 13.2 Å². The van der Waals surface area contributed by atoms with E-state index < -0.39 is 17.3 Å². The molecule has 1 amide bonds. The average molecular weight is 381 g/mol. The average Bonchev–Trinajstić information content (AvgIpc) is 2.95. The number of aryl methyl sites for hydroxylation is 1. The molecule has 1 aromatic rings. The van der Waals surface area contributed by atoms with Gasteiger partial charge in [-0.15, -0.1) is 0 Å². The summed E-state index contributed by atoms with van der Waals surface area (Å²) in [5, 5.41) is 9.82. The first-order valence-corrected chi connectivity index (χ1v) is 9.67. The molecule has 1 aliphatic heterocycles. The van der Waals surface area contributed by atoms with Crippen molar-refractivity contribution in [3.8, 4) is 0 Å². The fraction of sp³-hybridized carbons (Fsp3) is 0.667. The molecule has 27 heavy (non-hydrogen) atoms. The molecule has 4 rings (SSSR count). The van der Waals surface area contributed by atoms with Crippen LogP contribution in [0.1, 0.15) is 61.6 Å². The molecule has 1 aromatic carbocycles. The molecule has 2 saturated carbocycles. The zero-order valence-corrected chi connectivity index (χ0v) is 15.8. The summed E-state index contributed by atoms with van der Waals surface area (Å²) < 4.78 is 39.6. The van der Waals surface area contributed by atoms with Crippen molar-refractivity contribution in [1.29, 1.82) is 0 Å². The Morgan fingerprint density at radius 2 is 1.89 bits per heavy atom. The van der Waals surface area contributed by atoms with Crippen molar-refractivity contribution >= 4 is 5.91 Å². The Morgan fingerprint density at radius 3 is 2.48 bits per heavy atom. The summed E-state index contributed by atoms with van der Waals surface area (Å²) in [4.78, 5) is 14.3. The van der Waals surface area contributed by atoms with E-state index in [-0.39, 0.29) is 28.7 Å². The fourth-order valence-corrected chi connectivity index (χ4v) is 5.33. The smallest absolute Gasteiger partial charge is 0.390 e. The lowest BCUT2D eigenvalue weighted by molar-refractivity contribution is -0.161. The fourth-order valence-electron chi connectivity index (χ4n) is 5.33. The van der Waals surface area contributed by atoms with Crippen molar-refractivity contribution < 1.29 is 23.1 Å². The molecule has 1 heterocycles. The quantitative estimate of drug-likeness (QED) is 0.831. The number of carbonyl (C=O) groups excluding carboxylic acids is 1. The van der Waals surface area contributed by atoms with E-state index in [0.717, 1.165) is 24.8 Å². The van der Waals surface area contributed by atoms with Crippen molar-refractivity contribution in [3.05, 3.63) is 34.9 Å². The van der Waals surface area contributed by atoms with Crippen LogP contribution in [0, 0.1) is 18.3 Å². The Labute approximate surface area is 157 Å². The first-order chi connectivity index (χ1) is 12.5. The maximum absolute atomic E-state index is 13.2. The molecule has 0 aromatic heterocycles. The van der Waals surface area contributed by atoms with E-state index >= 15 is 0 Å². The van der Waals surface area contributed by atoms with Crippen molar-refractivity contribution in [2.45, 2.75) is 63.6 Å². The van der Waals surface area contributed by atoms with Crippen LogP contribution >= 0.6 is 0 Å². The van der Waals surface area contributed by atoms with Crippen LogP contribution in [0.5, 0.6) is 0 Å². The second-order valence-electron chi connectivity index (χ2n) is 9.31. The minimum absolute atomic E-state index is 0.0654. The molecule has 1 saturated heterocycles. The second-order valence-corrected chi connectivity index (χ2v) is 9.31. The van der Waals surface area contributed by atoms with Crippen LogP contribution in [0.15, 0.2) is 18.2 Å². The number of nitrogens with zero attached hydrogens (tertiary/aromatic N) is 1. The maximum Gasteiger partial charge on any atom is 0.416 e. The number of rotatable bonds is 2. The van der Waals surface area contributed by atoms with E-state index in [1.807, 2.05) is 11.0 Å². The summed E-state index contributed by atoms with van der Waals surface area (Å²) in [5.74, 6) is 0.194. The highest BCUT2D eigenvalue weighted by atomic mass is 19.4. The Hall–Kier alpha value is -1.56. The monoisotopic (exact) mass is 381 g/mol. The van der Waals surface area contributed by atoms with Gasteiger partial charge in [-0.25, -0.2) is 0 Å². The van der Waals surface area contributed by atoms with Gasteiger partial charge in [-0.05, 0) is 69.1 Å². The molecule has 1 unspecified atom stereocenters. The van der Waals surface area contributed by atoms with Gasteiger partial charge in [0.25, 0.3) is 0 Å². The predicted molar refractivity (Wildman–Crippen MR) is 95.1 cm³/mol. The van der Waals surface area contributed by atoms with Gasteiger partial charge in [0.15, 0.2) is 0 Å². The van der Waals surface area contributed by atoms with Crippen LogP contribution < -0.4 is 0 Å². The Morgan fingerprint density at radius 1 is 1.22 bits per heavy atom. The van der Waals surface area contributed by atoms with Gasteiger partial charge < -0.3 is 10.0 Å². The molecule has 0 radical (unpaired) electrons. The van der Waals surface area contributed by atoms with Gasteiger partial charge in [-0.1, -0.05) is 12.1 Å². The zero-order chi connectivity index (χ0) is 19.6. The minimum atomic E-state index is -4.32. The molecule has 1 N–H and O–H groups in total. The molecule has 0 bridgehead atoms. The van der Waals surface area contributed by atoms with Gasteiger partial charge in [0.1, 0.15) is 0 Å². The number of amides is 1. The molecular formula is C21H26F3NO2. The predicted octanol–water partition coefficient (Wildman–Crippen LogP) is 4.27. The third kappa shape index (κ3) is 3.37. The van der Waals surface area contributed by atoms with Gasteiger partial charge in [0.2, 0.25) is 5.91 Å². The number of carbonyl (C=O) groups is 1. The number of hydrogen-bond donors (Lipinski definition) is 1. The maximum atomic E-state index is 13.2. The summed E-state index contributed by atoms with van der Waals surface area (Å²) in [6.07, 6.45) is -0.581. The van der Waals surface area contributed by atoms with Crippen LogP contribution in [0.3, 0.4) is 0 Å². The highest BCUT2D eigenvalue weighted by Gasteiger charge is 2.53. The van der Waals surface area contributed by atoms with E-state index in [1.54, 1.807) is 13.0 Å². The SMILES string of the molecule is Cc1ccc(C2CCC3(C2)CN(C(=O)C2CC(C)(O)C2)C3)cc1C(F)(F)F. The molecule has 3 aliphatic rings. The van der Waals surface area contributed by atoms with Gasteiger partial charge >= 0.3 is 6.18 Å². The largest absolute Gasteiger partial charge is 0.416 e. The van der Waals surface area contributed by atoms with E-state index in [1.165, 1.54) is 13.0 Å². The second kappa shape index (κ2) is 5.97. The minimum Gasteiger partial charge on any atom is -0.390 e. The Balaban J connectivity index is 1.38. The van der Waals surface area contributed by atoms with Gasteiger partial charge in [0, 0.05) is 24.4 Å². The van der Waals surface area contributed by atoms with Crippen molar-refractivity contribution in [3.63, 3.8) is 0 Å². The summed E-state index contributed by atoms with van der Waals surface area (Å²) in [7, 11) is 0. The third-order valence-electron chi connectivity index (χ3n) is 6.83. The summed E-state index contributed by atoms with van der Waals surface area (Å²) in [6.45, 7) is 4.67. The standard InChI is InChI=1S/C21H26F3NO2/c1-13-3-4-14(7-17(13)21(22,23)24)15-5-6-20(10-15)11-25(12-20)18(26)16-8-19(2,27)9-16/h3-4,7,15-16,27H,5-6,8-12H2,1-2H3. The van der Waals surface area contributed by atoms with E-state index in [9.17, 15) is 23.1 Å². The number of benzene rings is 1. The number of halogens is 3. The molecule has 3 fully saturated rings. The van der Waals surface area contributed by atoms with E-state index in [0.29, 0.717) is 25.9 Å². The zero-order valence-electron chi connectivity index (χ0n) is 15.8. The van der Waals surface area contributed by atoms with Crippen molar-refractivity contribution in [2.75, 3.05) is 13.1 Å². The molecule has 6 heteroatoms. The molecule has 148 valence electrons. The first kappa shape index (κ1) is 18.8. The third-order valence-corrected chi connectivity index (χ3v) is 6.83. The highest BCUT2D eigenvalue weighted by molar-refractivity contribution is 5.81. The number of hydrogen-bond acceptors (Lipinski definition) is 2. The topological polar surface area (TPSA) is 40.5 Å². The van der Waals surface area contributed by atoms with Crippen LogP contribution in [0.25, 0.3) is 0 Å². The van der Waals surface area contributed by atoms with Gasteiger partial charge in [-0.2, -0.15) is 13.2 Å². The summed E-state index contributed by atoms with van der Waals surface area (Å²) in [6, 6.07) is 4.71. The van der Waals surface area contributed by atoms with Crippen molar-refractivity contribution in [2.24, 2.45) is 11.3 Å². The van der Waals surface area contributed by atoms with Crippen LogP contribution in [-0.4, -0.2) is 34.6 Å². The Bertz CT molecular complexity index is 757. The normalized spacial score (nSPS) is 32.3. The summed E-state index contributed by atoms with van der Waals surface area (Å²) in [5.41, 5.74) is -0.150. The molecule has 2 aliphatic carbocycles. The van der Waals surface area contributed by atoms with Gasteiger partial charge in [-0.3, -0.25) is 4.79 Å². The van der Waals surface area contributed by atoms with Gasteiger partial charge in [0.05, 0.1) is 11.2 Å². The number of likely N-dealkylation sites (tertiary alicyclic amines) is 1. The van der Waals surface area contributed by atoms with Crippen molar-refractivity contribution in [1.82, 2.24) is 4.90 Å². The molecule has 1 spiro atoms. The van der Waals surface area contributed by atoms with Crippen LogP contribution in [0.2, 0.25) is 0 Å². The molecular weight excluding hydrogens is 355 g/mol. The lowest BCUT2D eigenvalue weighted by Gasteiger charge is -2.52. The lowest BCUT2D eigenvalue weighted by Crippen LogP contribution is -2.61. The molecule has 3 nitrogen and oxygen atoms in total. The lowest BCUT2D eigenvalue weighted by atomic mass is 9.69. The highest BCUT2D eigenvalue weighted by Crippen LogP contribution is 2.53. The first-order valence-electron chi connectivity index (χ1n) is 9.67. The van der Waals surface area contributed by atoms with E-state index in [4.69, 9.17) is 0 Å². The van der Waals surface area contributed by atoms with Crippen LogP contribution in [-0.2, 0) is 11.0 Å². The number of aliphatic hydroxyl groups is 1. The summed E-state index contributed by atoms with van der Waals surface area (Å²) >= 11 is 0. The van der Waals surface area contributed by atoms with E-state index in [2.05, 4.69) is 0 Å². The number of alkyl halides is 3. The molecule has 1 atom stereocenters. The Kier molecular flexibility index (Phi) is 4.15.